The third-order valence-electron chi connectivity index (χ3n) is 2.64. The Morgan fingerprint density at radius 1 is 1.53 bits per heavy atom. The second kappa shape index (κ2) is 5.79. The Morgan fingerprint density at radius 3 is 2.59 bits per heavy atom. The molecule has 0 fully saturated rings. The summed E-state index contributed by atoms with van der Waals surface area (Å²) >= 11 is 4.41. The van der Waals surface area contributed by atoms with Gasteiger partial charge in [0.2, 0.25) is 0 Å². The lowest BCUT2D eigenvalue weighted by Crippen LogP contribution is -2.45. The van der Waals surface area contributed by atoms with Crippen molar-refractivity contribution in [2.75, 3.05) is 6.61 Å². The standard InChI is InChI=1S/C10H16BrNO3S2/c1-3-10(2,6-7-13)12-17(14,15)9-5-4-8(11)16-9/h4-5,12-13H,3,6-7H2,1-2H3. The maximum absolute atomic E-state index is 12.1. The molecule has 0 aliphatic heterocycles. The first-order chi connectivity index (χ1) is 7.83. The lowest BCUT2D eigenvalue weighted by atomic mass is 9.97. The number of aliphatic hydroxyl groups is 1. The zero-order chi connectivity index (χ0) is 13.1. The Morgan fingerprint density at radius 2 is 2.18 bits per heavy atom. The fourth-order valence-corrected chi connectivity index (χ4v) is 4.88. The van der Waals surface area contributed by atoms with Gasteiger partial charge in [0, 0.05) is 12.1 Å². The van der Waals surface area contributed by atoms with Crippen molar-refractivity contribution in [3.63, 3.8) is 0 Å². The number of sulfonamides is 1. The van der Waals surface area contributed by atoms with Crippen LogP contribution in [-0.2, 0) is 10.0 Å². The van der Waals surface area contributed by atoms with Crippen LogP contribution in [0.3, 0.4) is 0 Å². The first-order valence-corrected chi connectivity index (χ1v) is 8.32. The Hall–Kier alpha value is 0.0500. The molecule has 1 rings (SSSR count). The summed E-state index contributed by atoms with van der Waals surface area (Å²) in [6.45, 7) is 3.65. The van der Waals surface area contributed by atoms with E-state index in [2.05, 4.69) is 20.7 Å². The minimum atomic E-state index is -3.50. The topological polar surface area (TPSA) is 66.4 Å². The Balaban J connectivity index is 2.93. The summed E-state index contributed by atoms with van der Waals surface area (Å²) < 4.78 is 27.9. The number of rotatable bonds is 6. The van der Waals surface area contributed by atoms with Crippen molar-refractivity contribution >= 4 is 37.3 Å². The highest BCUT2D eigenvalue weighted by molar-refractivity contribution is 9.11. The fraction of sp³-hybridized carbons (Fsp3) is 0.600. The largest absolute Gasteiger partial charge is 0.396 e. The molecule has 0 amide bonds. The molecule has 0 saturated carbocycles. The lowest BCUT2D eigenvalue weighted by Gasteiger charge is -2.28. The molecule has 98 valence electrons. The third kappa shape index (κ3) is 4.03. The molecule has 1 unspecified atom stereocenters. The molecular formula is C10H16BrNO3S2. The van der Waals surface area contributed by atoms with Gasteiger partial charge in [-0.05, 0) is 47.8 Å². The SMILES string of the molecule is CCC(C)(CCO)NS(=O)(=O)c1ccc(Br)s1. The van der Waals surface area contributed by atoms with E-state index in [1.54, 1.807) is 19.1 Å². The van der Waals surface area contributed by atoms with Crippen molar-refractivity contribution in [2.45, 2.75) is 36.4 Å². The molecule has 2 N–H and O–H groups in total. The average Bonchev–Trinajstić information content (AvgIpc) is 2.65. The molecule has 7 heteroatoms. The van der Waals surface area contributed by atoms with E-state index in [1.807, 2.05) is 6.92 Å². The molecule has 17 heavy (non-hydrogen) atoms. The summed E-state index contributed by atoms with van der Waals surface area (Å²) in [5.74, 6) is 0. The van der Waals surface area contributed by atoms with Gasteiger partial charge in [-0.25, -0.2) is 13.1 Å². The van der Waals surface area contributed by atoms with Gasteiger partial charge in [0.05, 0.1) is 3.79 Å². The average molecular weight is 342 g/mol. The van der Waals surface area contributed by atoms with Gasteiger partial charge in [-0.1, -0.05) is 6.92 Å². The molecule has 4 nitrogen and oxygen atoms in total. The second-order valence-corrected chi connectivity index (χ2v) is 8.42. The molecule has 1 heterocycles. The van der Waals surface area contributed by atoms with E-state index < -0.39 is 15.6 Å². The predicted molar refractivity (Wildman–Crippen MR) is 72.7 cm³/mol. The quantitative estimate of drug-likeness (QED) is 0.834. The van der Waals surface area contributed by atoms with Gasteiger partial charge >= 0.3 is 0 Å². The minimum Gasteiger partial charge on any atom is -0.396 e. The molecule has 0 bridgehead atoms. The minimum absolute atomic E-state index is 0.0407. The second-order valence-electron chi connectivity index (χ2n) is 4.05. The highest BCUT2D eigenvalue weighted by Crippen LogP contribution is 2.27. The van der Waals surface area contributed by atoms with Gasteiger partial charge in [0.15, 0.2) is 0 Å². The normalized spacial score (nSPS) is 15.8. The molecule has 0 aliphatic rings. The Kier molecular flexibility index (Phi) is 5.15. The van der Waals surface area contributed by atoms with Crippen molar-refractivity contribution in [1.29, 1.82) is 0 Å². The van der Waals surface area contributed by atoms with Crippen LogP contribution in [0.4, 0.5) is 0 Å². The number of aliphatic hydroxyl groups excluding tert-OH is 1. The fourth-order valence-electron chi connectivity index (χ4n) is 1.36. The van der Waals surface area contributed by atoms with Crippen LogP contribution in [0.2, 0.25) is 0 Å². The van der Waals surface area contributed by atoms with Crippen LogP contribution in [0.25, 0.3) is 0 Å². The van der Waals surface area contributed by atoms with E-state index in [0.29, 0.717) is 12.8 Å². The summed E-state index contributed by atoms with van der Waals surface area (Å²) in [6, 6.07) is 3.26. The van der Waals surface area contributed by atoms with Crippen LogP contribution in [-0.4, -0.2) is 25.7 Å². The molecule has 0 aliphatic carbocycles. The van der Waals surface area contributed by atoms with Crippen molar-refractivity contribution in [2.24, 2.45) is 0 Å². The van der Waals surface area contributed by atoms with Crippen LogP contribution in [0.15, 0.2) is 20.1 Å². The maximum atomic E-state index is 12.1. The maximum Gasteiger partial charge on any atom is 0.250 e. The zero-order valence-electron chi connectivity index (χ0n) is 9.73. The molecule has 1 aromatic rings. The number of nitrogens with one attached hydrogen (secondary N) is 1. The van der Waals surface area contributed by atoms with Gasteiger partial charge in [0.1, 0.15) is 4.21 Å². The van der Waals surface area contributed by atoms with E-state index in [9.17, 15) is 8.42 Å². The van der Waals surface area contributed by atoms with Crippen LogP contribution in [0.5, 0.6) is 0 Å². The third-order valence-corrected chi connectivity index (χ3v) is 6.39. The first-order valence-electron chi connectivity index (χ1n) is 5.23. The van der Waals surface area contributed by atoms with E-state index >= 15 is 0 Å². The summed E-state index contributed by atoms with van der Waals surface area (Å²) in [7, 11) is -3.50. The zero-order valence-corrected chi connectivity index (χ0v) is 13.0. The molecule has 0 radical (unpaired) electrons. The van der Waals surface area contributed by atoms with E-state index in [4.69, 9.17) is 5.11 Å². The monoisotopic (exact) mass is 341 g/mol. The van der Waals surface area contributed by atoms with Crippen LogP contribution < -0.4 is 4.72 Å². The van der Waals surface area contributed by atoms with Crippen LogP contribution >= 0.6 is 27.3 Å². The van der Waals surface area contributed by atoms with Gasteiger partial charge in [0.25, 0.3) is 10.0 Å². The van der Waals surface area contributed by atoms with Crippen molar-refractivity contribution in [3.05, 3.63) is 15.9 Å². The molecule has 0 aromatic carbocycles. The van der Waals surface area contributed by atoms with E-state index in [-0.39, 0.29) is 10.8 Å². The van der Waals surface area contributed by atoms with Crippen molar-refractivity contribution in [1.82, 2.24) is 4.72 Å². The summed E-state index contributed by atoms with van der Waals surface area (Å²) in [4.78, 5) is 0. The summed E-state index contributed by atoms with van der Waals surface area (Å²) in [5.41, 5.74) is -0.607. The molecule has 0 spiro atoms. The van der Waals surface area contributed by atoms with Gasteiger partial charge in [-0.15, -0.1) is 11.3 Å². The predicted octanol–water partition coefficient (Wildman–Crippen LogP) is 2.34. The Labute approximate surface area is 114 Å². The lowest BCUT2D eigenvalue weighted by molar-refractivity contribution is 0.233. The van der Waals surface area contributed by atoms with E-state index in [1.165, 1.54) is 11.3 Å². The van der Waals surface area contributed by atoms with Gasteiger partial charge in [-0.2, -0.15) is 0 Å². The smallest absolute Gasteiger partial charge is 0.250 e. The van der Waals surface area contributed by atoms with Crippen LogP contribution in [0.1, 0.15) is 26.7 Å². The Bertz CT molecular complexity index is 472. The van der Waals surface area contributed by atoms with Crippen molar-refractivity contribution in [3.8, 4) is 0 Å². The number of thiophene rings is 1. The molecular weight excluding hydrogens is 326 g/mol. The number of halogens is 1. The molecule has 1 aromatic heterocycles. The van der Waals surface area contributed by atoms with Gasteiger partial charge < -0.3 is 5.11 Å². The van der Waals surface area contributed by atoms with E-state index in [0.717, 1.165) is 3.79 Å². The number of hydrogen-bond acceptors (Lipinski definition) is 4. The summed E-state index contributed by atoms with van der Waals surface area (Å²) in [5, 5.41) is 8.96. The van der Waals surface area contributed by atoms with Gasteiger partial charge in [-0.3, -0.25) is 0 Å². The summed E-state index contributed by atoms with van der Waals surface area (Å²) in [6.07, 6.45) is 1.02. The highest BCUT2D eigenvalue weighted by Gasteiger charge is 2.29. The van der Waals surface area contributed by atoms with Crippen LogP contribution in [0, 0.1) is 0 Å². The first kappa shape index (κ1) is 15.1. The number of hydrogen-bond donors (Lipinski definition) is 2. The molecule has 1 atom stereocenters. The van der Waals surface area contributed by atoms with Crippen molar-refractivity contribution < 1.29 is 13.5 Å². The highest BCUT2D eigenvalue weighted by atomic mass is 79.9. The molecule has 0 saturated heterocycles.